The second-order valence-corrected chi connectivity index (χ2v) is 4.33. The minimum absolute atomic E-state index is 0.417. The number of halogens is 1. The molecule has 0 amide bonds. The maximum Gasteiger partial charge on any atom is 0.161 e. The predicted molar refractivity (Wildman–Crippen MR) is 71.2 cm³/mol. The summed E-state index contributed by atoms with van der Waals surface area (Å²) in [6.45, 7) is 2.93. The van der Waals surface area contributed by atoms with Gasteiger partial charge in [0.1, 0.15) is 0 Å². The van der Waals surface area contributed by atoms with Crippen LogP contribution in [0.15, 0.2) is 18.2 Å². The summed E-state index contributed by atoms with van der Waals surface area (Å²) in [5.74, 6) is 2.20. The van der Waals surface area contributed by atoms with E-state index in [2.05, 4.69) is 12.2 Å². The van der Waals surface area contributed by atoms with E-state index < -0.39 is 0 Å². The van der Waals surface area contributed by atoms with Gasteiger partial charge in [-0.1, -0.05) is 6.07 Å². The number of benzene rings is 1. The van der Waals surface area contributed by atoms with Gasteiger partial charge in [-0.15, -0.1) is 11.6 Å². The molecule has 1 aromatic carbocycles. The van der Waals surface area contributed by atoms with Crippen molar-refractivity contribution in [1.82, 2.24) is 5.32 Å². The first-order chi connectivity index (χ1) is 8.21. The van der Waals surface area contributed by atoms with Crippen molar-refractivity contribution in [2.45, 2.75) is 25.9 Å². The molecule has 0 spiro atoms. The Morgan fingerprint density at radius 1 is 1.24 bits per heavy atom. The van der Waals surface area contributed by atoms with Crippen molar-refractivity contribution in [1.29, 1.82) is 0 Å². The van der Waals surface area contributed by atoms with Gasteiger partial charge in [0, 0.05) is 18.5 Å². The molecule has 1 unspecified atom stereocenters. The van der Waals surface area contributed by atoms with Crippen LogP contribution in [0.4, 0.5) is 0 Å². The minimum Gasteiger partial charge on any atom is -0.493 e. The Balaban J connectivity index is 2.60. The quantitative estimate of drug-likeness (QED) is 0.762. The third-order valence-corrected chi connectivity index (χ3v) is 2.86. The summed E-state index contributed by atoms with van der Waals surface area (Å²) in [5, 5.41) is 3.41. The highest BCUT2D eigenvalue weighted by Crippen LogP contribution is 2.27. The average Bonchev–Trinajstić information content (AvgIpc) is 2.36. The van der Waals surface area contributed by atoms with Gasteiger partial charge in [-0.2, -0.15) is 0 Å². The molecule has 0 aromatic heterocycles. The summed E-state index contributed by atoms with van der Waals surface area (Å²) in [6, 6.07) is 6.35. The molecule has 3 nitrogen and oxygen atoms in total. The fourth-order valence-corrected chi connectivity index (χ4v) is 1.88. The Bertz CT molecular complexity index is 344. The van der Waals surface area contributed by atoms with Crippen molar-refractivity contribution in [2.75, 3.05) is 20.1 Å². The van der Waals surface area contributed by atoms with Crippen LogP contribution in [0.25, 0.3) is 0 Å². The van der Waals surface area contributed by atoms with E-state index in [-0.39, 0.29) is 0 Å². The van der Waals surface area contributed by atoms with E-state index in [1.807, 2.05) is 18.2 Å². The van der Waals surface area contributed by atoms with E-state index in [0.29, 0.717) is 11.9 Å². The van der Waals surface area contributed by atoms with E-state index >= 15 is 0 Å². The van der Waals surface area contributed by atoms with Gasteiger partial charge >= 0.3 is 0 Å². The Morgan fingerprint density at radius 3 is 2.53 bits per heavy atom. The van der Waals surface area contributed by atoms with Crippen molar-refractivity contribution in [3.05, 3.63) is 23.8 Å². The maximum absolute atomic E-state index is 5.69. The molecule has 0 heterocycles. The summed E-state index contributed by atoms with van der Waals surface area (Å²) < 4.78 is 10.4. The van der Waals surface area contributed by atoms with E-state index in [1.165, 1.54) is 5.56 Å². The van der Waals surface area contributed by atoms with Crippen LogP contribution in [0.3, 0.4) is 0 Å². The number of methoxy groups -OCH3 is 2. The van der Waals surface area contributed by atoms with Crippen LogP contribution in [0.1, 0.15) is 18.9 Å². The molecule has 0 aliphatic rings. The first-order valence-electron chi connectivity index (χ1n) is 5.71. The van der Waals surface area contributed by atoms with E-state index in [4.69, 9.17) is 21.1 Å². The first-order valence-corrected chi connectivity index (χ1v) is 6.25. The highest BCUT2D eigenvalue weighted by Gasteiger charge is 2.05. The van der Waals surface area contributed by atoms with Crippen molar-refractivity contribution in [3.63, 3.8) is 0 Å². The van der Waals surface area contributed by atoms with Gasteiger partial charge in [0.15, 0.2) is 11.5 Å². The first kappa shape index (κ1) is 14.1. The molecule has 96 valence electrons. The summed E-state index contributed by atoms with van der Waals surface area (Å²) in [4.78, 5) is 0. The number of hydrogen-bond donors (Lipinski definition) is 1. The molecule has 0 radical (unpaired) electrons. The topological polar surface area (TPSA) is 30.5 Å². The molecule has 1 atom stereocenters. The molecule has 0 fully saturated rings. The molecule has 0 aliphatic heterocycles. The molecule has 0 saturated carbocycles. The zero-order chi connectivity index (χ0) is 12.7. The zero-order valence-corrected chi connectivity index (χ0v) is 11.4. The largest absolute Gasteiger partial charge is 0.493 e. The lowest BCUT2D eigenvalue weighted by Gasteiger charge is -2.13. The molecule has 0 bridgehead atoms. The van der Waals surface area contributed by atoms with Crippen LogP contribution in [0, 0.1) is 0 Å². The second kappa shape index (κ2) is 7.41. The normalized spacial score (nSPS) is 12.2. The van der Waals surface area contributed by atoms with Crippen molar-refractivity contribution < 1.29 is 9.47 Å². The fraction of sp³-hybridized carbons (Fsp3) is 0.538. The lowest BCUT2D eigenvalue weighted by Crippen LogP contribution is -2.25. The van der Waals surface area contributed by atoms with Crippen LogP contribution in [0.2, 0.25) is 0 Å². The molecule has 1 N–H and O–H groups in total. The van der Waals surface area contributed by atoms with E-state index in [1.54, 1.807) is 14.2 Å². The van der Waals surface area contributed by atoms with Crippen molar-refractivity contribution in [3.8, 4) is 11.5 Å². The SMILES string of the molecule is COc1ccc(CNC(C)CCCl)cc1OC. The zero-order valence-electron chi connectivity index (χ0n) is 10.6. The Labute approximate surface area is 108 Å². The molecular formula is C13H20ClNO2. The van der Waals surface area contributed by atoms with Crippen molar-refractivity contribution >= 4 is 11.6 Å². The van der Waals surface area contributed by atoms with Crippen molar-refractivity contribution in [2.24, 2.45) is 0 Å². The number of nitrogens with one attached hydrogen (secondary N) is 1. The average molecular weight is 258 g/mol. The van der Waals surface area contributed by atoms with Gasteiger partial charge in [-0.3, -0.25) is 0 Å². The third kappa shape index (κ3) is 4.44. The molecular weight excluding hydrogens is 238 g/mol. The van der Waals surface area contributed by atoms with Crippen LogP contribution < -0.4 is 14.8 Å². The van der Waals surface area contributed by atoms with Gasteiger partial charge in [0.25, 0.3) is 0 Å². The molecule has 1 rings (SSSR count). The fourth-order valence-electron chi connectivity index (χ4n) is 1.55. The summed E-state index contributed by atoms with van der Waals surface area (Å²) in [6.07, 6.45) is 0.967. The maximum atomic E-state index is 5.69. The number of rotatable bonds is 7. The summed E-state index contributed by atoms with van der Waals surface area (Å²) in [7, 11) is 3.28. The number of ether oxygens (including phenoxy) is 2. The smallest absolute Gasteiger partial charge is 0.161 e. The standard InChI is InChI=1S/C13H20ClNO2/c1-10(6-7-14)15-9-11-4-5-12(16-2)13(8-11)17-3/h4-5,8,10,15H,6-7,9H2,1-3H3. The monoisotopic (exact) mass is 257 g/mol. The highest BCUT2D eigenvalue weighted by atomic mass is 35.5. The van der Waals surface area contributed by atoms with Gasteiger partial charge in [-0.25, -0.2) is 0 Å². The molecule has 4 heteroatoms. The Hall–Kier alpha value is -0.930. The van der Waals surface area contributed by atoms with Crippen LogP contribution >= 0.6 is 11.6 Å². The van der Waals surface area contributed by atoms with Crippen LogP contribution in [-0.2, 0) is 6.54 Å². The van der Waals surface area contributed by atoms with Crippen LogP contribution in [0.5, 0.6) is 11.5 Å². The third-order valence-electron chi connectivity index (χ3n) is 2.64. The van der Waals surface area contributed by atoms with Gasteiger partial charge in [-0.05, 0) is 31.0 Å². The second-order valence-electron chi connectivity index (χ2n) is 3.95. The van der Waals surface area contributed by atoms with Gasteiger partial charge in [0.2, 0.25) is 0 Å². The van der Waals surface area contributed by atoms with Gasteiger partial charge in [0.05, 0.1) is 14.2 Å². The van der Waals surface area contributed by atoms with Crippen LogP contribution in [-0.4, -0.2) is 26.1 Å². The Morgan fingerprint density at radius 2 is 1.94 bits per heavy atom. The Kier molecular flexibility index (Phi) is 6.16. The highest BCUT2D eigenvalue weighted by molar-refractivity contribution is 6.17. The number of alkyl halides is 1. The van der Waals surface area contributed by atoms with Gasteiger partial charge < -0.3 is 14.8 Å². The summed E-state index contributed by atoms with van der Waals surface area (Å²) >= 11 is 5.69. The molecule has 1 aromatic rings. The summed E-state index contributed by atoms with van der Waals surface area (Å²) in [5.41, 5.74) is 1.17. The molecule has 0 saturated heterocycles. The number of hydrogen-bond acceptors (Lipinski definition) is 3. The molecule has 0 aliphatic carbocycles. The minimum atomic E-state index is 0.417. The lowest BCUT2D eigenvalue weighted by molar-refractivity contribution is 0.354. The lowest BCUT2D eigenvalue weighted by atomic mass is 10.2. The van der Waals surface area contributed by atoms with E-state index in [0.717, 1.165) is 24.5 Å². The predicted octanol–water partition coefficient (Wildman–Crippen LogP) is 2.81. The van der Waals surface area contributed by atoms with E-state index in [9.17, 15) is 0 Å². The molecule has 17 heavy (non-hydrogen) atoms.